The van der Waals surface area contributed by atoms with Gasteiger partial charge in [0, 0.05) is 54.6 Å². The molecule has 9 aromatic carbocycles. The molecule has 0 aliphatic carbocycles. The molecule has 0 N–H and O–H groups in total. The third-order valence-corrected chi connectivity index (χ3v) is 12.4. The van der Waals surface area contributed by atoms with Crippen LogP contribution in [0.4, 0.5) is 0 Å². The molecule has 0 fully saturated rings. The molecular formula is C55H33N5O. The first-order valence-electron chi connectivity index (χ1n) is 20.5. The Morgan fingerprint density at radius 3 is 1.56 bits per heavy atom. The zero-order chi connectivity index (χ0) is 40.2. The monoisotopic (exact) mass is 779 g/mol. The Bertz CT molecular complexity index is 4000. The van der Waals surface area contributed by atoms with E-state index in [9.17, 15) is 0 Å². The van der Waals surface area contributed by atoms with Gasteiger partial charge in [0.15, 0.2) is 0 Å². The van der Waals surface area contributed by atoms with Crippen LogP contribution in [0.3, 0.4) is 0 Å². The van der Waals surface area contributed by atoms with Gasteiger partial charge in [-0.05, 0) is 77.5 Å². The molecule has 0 amide bonds. The number of rotatable bonds is 4. The predicted molar refractivity (Wildman–Crippen MR) is 252 cm³/mol. The second-order valence-corrected chi connectivity index (χ2v) is 15.7. The molecule has 0 radical (unpaired) electrons. The SMILES string of the molecule is O=c1c2cc3c(cc2c2cc4c5ccccc5n(-c5ccccc5)c4cc2n1-c1ccccc1)c1ccccc1n3-c1nc(-c2ccccc2)c2ccc3ccccc3c2n1. The van der Waals surface area contributed by atoms with Crippen LogP contribution < -0.4 is 5.56 Å². The summed E-state index contributed by atoms with van der Waals surface area (Å²) in [4.78, 5) is 26.2. The van der Waals surface area contributed by atoms with Crippen LogP contribution >= 0.6 is 0 Å². The Morgan fingerprint density at radius 1 is 0.328 bits per heavy atom. The van der Waals surface area contributed by atoms with Gasteiger partial charge in [0.2, 0.25) is 5.95 Å². The van der Waals surface area contributed by atoms with E-state index < -0.39 is 0 Å². The highest BCUT2D eigenvalue weighted by Crippen LogP contribution is 2.41. The molecule has 6 heteroatoms. The van der Waals surface area contributed by atoms with Gasteiger partial charge in [-0.15, -0.1) is 0 Å². The van der Waals surface area contributed by atoms with Crippen molar-refractivity contribution in [3.63, 3.8) is 0 Å². The molecule has 0 aliphatic heterocycles. The van der Waals surface area contributed by atoms with Gasteiger partial charge in [-0.2, -0.15) is 0 Å². The third-order valence-electron chi connectivity index (χ3n) is 12.4. The van der Waals surface area contributed by atoms with Crippen LogP contribution in [-0.2, 0) is 0 Å². The largest absolute Gasteiger partial charge is 0.309 e. The molecule has 0 bridgehead atoms. The van der Waals surface area contributed by atoms with Gasteiger partial charge in [-0.25, -0.2) is 9.97 Å². The smallest absolute Gasteiger partial charge is 0.263 e. The number of fused-ring (bicyclic) bond motifs is 12. The Balaban J connectivity index is 1.19. The van der Waals surface area contributed by atoms with E-state index in [1.165, 1.54) is 0 Å². The molecule has 13 rings (SSSR count). The fraction of sp³-hybridized carbons (Fsp3) is 0. The highest BCUT2D eigenvalue weighted by molar-refractivity contribution is 6.22. The minimum Gasteiger partial charge on any atom is -0.309 e. The average Bonchev–Trinajstić information content (AvgIpc) is 3.83. The van der Waals surface area contributed by atoms with Crippen molar-refractivity contribution in [2.75, 3.05) is 0 Å². The molecule has 0 atom stereocenters. The lowest BCUT2D eigenvalue weighted by molar-refractivity contribution is 1.01. The van der Waals surface area contributed by atoms with Gasteiger partial charge < -0.3 is 4.57 Å². The van der Waals surface area contributed by atoms with E-state index in [2.05, 4.69) is 155 Å². The molecule has 4 heterocycles. The van der Waals surface area contributed by atoms with E-state index in [-0.39, 0.29) is 5.56 Å². The van der Waals surface area contributed by atoms with Crippen LogP contribution in [0.5, 0.6) is 0 Å². The van der Waals surface area contributed by atoms with Crippen LogP contribution in [0, 0.1) is 0 Å². The Kier molecular flexibility index (Phi) is 7.06. The fourth-order valence-electron chi connectivity index (χ4n) is 9.72. The summed E-state index contributed by atoms with van der Waals surface area (Å²) in [5.74, 6) is 0.549. The molecular weight excluding hydrogens is 747 g/mol. The van der Waals surface area contributed by atoms with Gasteiger partial charge in [-0.3, -0.25) is 13.9 Å². The van der Waals surface area contributed by atoms with Crippen molar-refractivity contribution in [1.82, 2.24) is 23.7 Å². The van der Waals surface area contributed by atoms with Crippen molar-refractivity contribution in [3.05, 3.63) is 211 Å². The van der Waals surface area contributed by atoms with E-state index in [0.29, 0.717) is 11.3 Å². The van der Waals surface area contributed by atoms with Crippen molar-refractivity contribution in [2.45, 2.75) is 0 Å². The molecule has 0 aliphatic rings. The van der Waals surface area contributed by atoms with Gasteiger partial charge in [0.1, 0.15) is 0 Å². The standard InChI is InChI=1S/C55H33N5O/c61-54-46-32-49-43(40-25-13-15-27-48(40)60(49)55-56-52(35-17-4-1-5-18-35)41-29-28-34-16-10-11-23-38(34)53(41)57-55)30-42(46)45-31-44-39-24-12-14-26-47(39)58(36-19-6-2-7-20-36)50(44)33-51(45)59(54)37-21-8-3-9-22-37/h1-33H. The van der Waals surface area contributed by atoms with Crippen LogP contribution in [0.2, 0.25) is 0 Å². The van der Waals surface area contributed by atoms with Gasteiger partial charge >= 0.3 is 0 Å². The summed E-state index contributed by atoms with van der Waals surface area (Å²) in [6, 6.07) is 69.2. The number of hydrogen-bond donors (Lipinski definition) is 0. The van der Waals surface area contributed by atoms with Crippen LogP contribution in [0.15, 0.2) is 205 Å². The minimum absolute atomic E-state index is 0.0930. The molecule has 0 spiro atoms. The number of aromatic nitrogens is 5. The first kappa shape index (κ1) is 33.6. The zero-order valence-electron chi connectivity index (χ0n) is 32.7. The second kappa shape index (κ2) is 12.8. The second-order valence-electron chi connectivity index (χ2n) is 15.7. The normalized spacial score (nSPS) is 12.0. The maximum absolute atomic E-state index is 15.4. The molecule has 284 valence electrons. The Hall–Kier alpha value is -8.35. The molecule has 0 saturated carbocycles. The molecule has 6 nitrogen and oxygen atoms in total. The lowest BCUT2D eigenvalue weighted by atomic mass is 10.0. The first-order valence-corrected chi connectivity index (χ1v) is 20.5. The van der Waals surface area contributed by atoms with Gasteiger partial charge in [0.05, 0.1) is 44.2 Å². The van der Waals surface area contributed by atoms with Crippen LogP contribution in [0.25, 0.3) is 116 Å². The first-order chi connectivity index (χ1) is 30.2. The summed E-state index contributed by atoms with van der Waals surface area (Å²) in [6.45, 7) is 0. The van der Waals surface area contributed by atoms with Gasteiger partial charge in [-0.1, -0.05) is 133 Å². The lowest BCUT2D eigenvalue weighted by Crippen LogP contribution is -2.19. The van der Waals surface area contributed by atoms with Crippen LogP contribution in [-0.4, -0.2) is 23.7 Å². The molecule has 0 unspecified atom stereocenters. The number of nitrogens with zero attached hydrogens (tertiary/aromatic N) is 5. The van der Waals surface area contributed by atoms with Crippen molar-refractivity contribution in [1.29, 1.82) is 0 Å². The molecule has 0 saturated heterocycles. The topological polar surface area (TPSA) is 57.6 Å². The predicted octanol–water partition coefficient (Wildman–Crippen LogP) is 13.1. The van der Waals surface area contributed by atoms with Crippen LogP contribution in [0.1, 0.15) is 0 Å². The molecule has 61 heavy (non-hydrogen) atoms. The van der Waals surface area contributed by atoms with E-state index in [4.69, 9.17) is 9.97 Å². The number of pyridine rings is 1. The quantitative estimate of drug-likeness (QED) is 0.167. The highest BCUT2D eigenvalue weighted by atomic mass is 16.1. The van der Waals surface area contributed by atoms with Crippen molar-refractivity contribution < 1.29 is 0 Å². The zero-order valence-corrected chi connectivity index (χ0v) is 32.7. The summed E-state index contributed by atoms with van der Waals surface area (Å²) >= 11 is 0. The van der Waals surface area contributed by atoms with Crippen molar-refractivity contribution >= 4 is 87.0 Å². The average molecular weight is 780 g/mol. The summed E-state index contributed by atoms with van der Waals surface area (Å²) in [5, 5.41) is 10.0. The Labute approximate surface area is 348 Å². The number of para-hydroxylation sites is 4. The highest BCUT2D eigenvalue weighted by Gasteiger charge is 2.23. The summed E-state index contributed by atoms with van der Waals surface area (Å²) in [5.41, 5.74) is 9.35. The number of benzene rings is 9. The lowest BCUT2D eigenvalue weighted by Gasteiger charge is -2.16. The van der Waals surface area contributed by atoms with E-state index in [1.807, 2.05) is 59.2 Å². The maximum atomic E-state index is 15.4. The third kappa shape index (κ3) is 4.87. The fourth-order valence-corrected chi connectivity index (χ4v) is 9.72. The minimum atomic E-state index is -0.0930. The van der Waals surface area contributed by atoms with Crippen molar-refractivity contribution in [3.8, 4) is 28.6 Å². The van der Waals surface area contributed by atoms with Gasteiger partial charge in [0.25, 0.3) is 5.56 Å². The van der Waals surface area contributed by atoms with E-state index >= 15 is 4.79 Å². The molecule has 13 aromatic rings. The molecule has 4 aromatic heterocycles. The van der Waals surface area contributed by atoms with Crippen molar-refractivity contribution in [2.24, 2.45) is 0 Å². The maximum Gasteiger partial charge on any atom is 0.263 e. The number of hydrogen-bond acceptors (Lipinski definition) is 3. The van der Waals surface area contributed by atoms with E-state index in [1.54, 1.807) is 0 Å². The Morgan fingerprint density at radius 2 is 0.852 bits per heavy atom. The summed E-state index contributed by atoms with van der Waals surface area (Å²) < 4.78 is 6.33. The summed E-state index contributed by atoms with van der Waals surface area (Å²) in [6.07, 6.45) is 0. The summed E-state index contributed by atoms with van der Waals surface area (Å²) in [7, 11) is 0. The van der Waals surface area contributed by atoms with E-state index in [0.717, 1.165) is 104 Å².